The molecule has 10 aromatic rings. The topological polar surface area (TPSA) is 455 Å². The van der Waals surface area contributed by atoms with Gasteiger partial charge in [-0.05, 0) is 183 Å². The molecule has 758 valence electrons. The van der Waals surface area contributed by atoms with Crippen molar-refractivity contribution in [3.63, 3.8) is 0 Å². The fourth-order valence-electron chi connectivity index (χ4n) is 17.8. The average Bonchev–Trinajstić information content (AvgIpc) is 1.61. The molecule has 0 bridgehead atoms. The number of carbonyl (C=O) groups is 7. The number of amides is 4. The summed E-state index contributed by atoms with van der Waals surface area (Å²) in [4.78, 5) is 101. The van der Waals surface area contributed by atoms with Crippen LogP contribution in [0.2, 0.25) is 0 Å². The van der Waals surface area contributed by atoms with Gasteiger partial charge in [0, 0.05) is 239 Å². The molecule has 11 heterocycles. The maximum atomic E-state index is 15.0. The lowest BCUT2D eigenvalue weighted by atomic mass is 10.00. The summed E-state index contributed by atoms with van der Waals surface area (Å²) in [6, 6.07) is 27.4. The van der Waals surface area contributed by atoms with Crippen LogP contribution in [0, 0.1) is 11.6 Å². The third kappa shape index (κ3) is 31.1. The number of nitrogens with one attached hydrogen (secondary N) is 7. The van der Waals surface area contributed by atoms with Crippen LogP contribution in [0.25, 0.3) is 55.4 Å². The Bertz CT molecular complexity index is 5790. The summed E-state index contributed by atoms with van der Waals surface area (Å²) >= 11 is 0. The molecule has 5 saturated heterocycles. The Morgan fingerprint density at radius 1 is 0.471 bits per heavy atom. The first-order valence-electron chi connectivity index (χ1n) is 49.3. The molecule has 5 aliphatic heterocycles. The van der Waals surface area contributed by atoms with Gasteiger partial charge in [-0.1, -0.05) is 69.3 Å². The predicted octanol–water partition coefficient (Wildman–Crippen LogP) is 13.4. The van der Waals surface area contributed by atoms with Crippen molar-refractivity contribution >= 4 is 91.9 Å². The molecule has 2 atom stereocenters. The van der Waals surface area contributed by atoms with Crippen LogP contribution in [0.3, 0.4) is 0 Å². The van der Waals surface area contributed by atoms with Gasteiger partial charge in [-0.3, -0.25) is 38.6 Å². The smallest absolute Gasteiger partial charge is 0.410 e. The molecular formula is C103H143F2N21O14. The predicted molar refractivity (Wildman–Crippen MR) is 536 cm³/mol. The summed E-state index contributed by atoms with van der Waals surface area (Å²) in [6.45, 7) is 37.4. The minimum atomic E-state index is -1.08. The quantitative estimate of drug-likeness (QED) is 0.0175. The Morgan fingerprint density at radius 3 is 1.24 bits per heavy atom. The first kappa shape index (κ1) is 108. The number of halogens is 2. The summed E-state index contributed by atoms with van der Waals surface area (Å²) in [5.74, 6) is -4.42. The molecule has 5 fully saturated rings. The fraction of sp³-hybridized carbons (Fsp3) is 0.524. The van der Waals surface area contributed by atoms with E-state index in [1.54, 1.807) is 23.1 Å². The van der Waals surface area contributed by atoms with Crippen molar-refractivity contribution < 1.29 is 76.6 Å². The van der Waals surface area contributed by atoms with Crippen molar-refractivity contribution in [1.82, 2.24) is 80.3 Å². The van der Waals surface area contributed by atoms with Gasteiger partial charge in [0.2, 0.25) is 17.7 Å². The van der Waals surface area contributed by atoms with Crippen molar-refractivity contribution in [2.75, 3.05) is 94.9 Å². The van der Waals surface area contributed by atoms with Gasteiger partial charge in [-0.15, -0.1) is 0 Å². The number of carboxylic acid groups (broad SMARTS) is 3. The van der Waals surface area contributed by atoms with Crippen LogP contribution < -0.4 is 48.7 Å². The van der Waals surface area contributed by atoms with Crippen LogP contribution in [0.1, 0.15) is 209 Å². The number of benzene rings is 4. The summed E-state index contributed by atoms with van der Waals surface area (Å²) in [5, 5.41) is 64.4. The normalized spacial score (nSPS) is 16.1. The van der Waals surface area contributed by atoms with Gasteiger partial charge in [-0.25, -0.2) is 42.6 Å². The number of aryl methyl sites for hydroxylation is 6. The van der Waals surface area contributed by atoms with Crippen LogP contribution in [0.5, 0.6) is 0 Å². The van der Waals surface area contributed by atoms with Crippen LogP contribution in [-0.4, -0.2) is 231 Å². The highest BCUT2D eigenvalue weighted by Crippen LogP contribution is 2.37. The molecule has 0 spiro atoms. The number of pyridine rings is 3. The number of hydrogen-bond acceptors (Lipinski definition) is 25. The second kappa shape index (κ2) is 53.4. The zero-order chi connectivity index (χ0) is 101. The Morgan fingerprint density at radius 2 is 0.857 bits per heavy atom. The van der Waals surface area contributed by atoms with E-state index >= 15 is 4.39 Å². The van der Waals surface area contributed by atoms with Gasteiger partial charge >= 0.3 is 24.0 Å². The van der Waals surface area contributed by atoms with E-state index in [0.717, 1.165) is 248 Å². The highest BCUT2D eigenvalue weighted by molar-refractivity contribution is 5.94. The van der Waals surface area contributed by atoms with E-state index in [1.165, 1.54) is 12.1 Å². The number of hydrogen-bond donors (Lipinski definition) is 12. The minimum Gasteiger partial charge on any atom is -0.481 e. The molecule has 4 aromatic carbocycles. The lowest BCUT2D eigenvalue weighted by Crippen LogP contribution is -2.54. The van der Waals surface area contributed by atoms with E-state index in [-0.39, 0.29) is 98.6 Å². The van der Waals surface area contributed by atoms with Crippen molar-refractivity contribution in [3.8, 4) is 22.3 Å². The van der Waals surface area contributed by atoms with E-state index in [9.17, 15) is 38.0 Å². The molecular weight excluding hydrogens is 1790 g/mol. The highest BCUT2D eigenvalue weighted by atomic mass is 19.1. The van der Waals surface area contributed by atoms with E-state index in [0.29, 0.717) is 88.5 Å². The van der Waals surface area contributed by atoms with Crippen LogP contribution in [0.4, 0.5) is 30.6 Å². The maximum absolute atomic E-state index is 15.0. The van der Waals surface area contributed by atoms with Crippen molar-refractivity contribution in [3.05, 3.63) is 171 Å². The molecule has 0 radical (unpaired) electrons. The summed E-state index contributed by atoms with van der Waals surface area (Å²) in [6.07, 6.45) is 12.6. The van der Waals surface area contributed by atoms with Crippen molar-refractivity contribution in [2.24, 2.45) is 11.5 Å². The zero-order valence-corrected chi connectivity index (χ0v) is 83.0. The van der Waals surface area contributed by atoms with E-state index in [2.05, 4.69) is 102 Å². The molecule has 14 N–H and O–H groups in total. The Balaban J connectivity index is 0.000000182. The number of fused-ring (bicyclic) bond motifs is 3. The number of aromatic nitrogens is 9. The van der Waals surface area contributed by atoms with Crippen molar-refractivity contribution in [1.29, 1.82) is 0 Å². The van der Waals surface area contributed by atoms with Gasteiger partial charge in [0.05, 0.1) is 71.1 Å². The number of carboxylic acids is 3. The summed E-state index contributed by atoms with van der Waals surface area (Å²) < 4.78 is 57.1. The first-order chi connectivity index (χ1) is 67.4. The molecule has 5 aliphatic rings. The molecule has 140 heavy (non-hydrogen) atoms. The number of aliphatic carboxylic acids is 3. The zero-order valence-electron chi connectivity index (χ0n) is 83.0. The van der Waals surface area contributed by atoms with Gasteiger partial charge < -0.3 is 87.9 Å². The lowest BCUT2D eigenvalue weighted by Gasteiger charge is -2.40. The Kier molecular flexibility index (Phi) is 41.3. The van der Waals surface area contributed by atoms with Gasteiger partial charge in [-0.2, -0.15) is 15.3 Å². The molecule has 35 nitrogen and oxygen atoms in total. The molecule has 0 saturated carbocycles. The van der Waals surface area contributed by atoms with E-state index in [4.69, 9.17) is 60.7 Å². The first-order valence-corrected chi connectivity index (χ1v) is 49.3. The Labute approximate surface area is 818 Å². The number of carbonyl (C=O) groups excluding carboxylic acids is 4. The van der Waals surface area contributed by atoms with Gasteiger partial charge in [0.15, 0.2) is 16.9 Å². The Hall–Kier alpha value is -12.2. The van der Waals surface area contributed by atoms with Gasteiger partial charge in [0.25, 0.3) is 0 Å². The molecule has 0 aliphatic carbocycles. The molecule has 4 amide bonds. The third-order valence-electron chi connectivity index (χ3n) is 25.2. The molecule has 6 aromatic heterocycles. The monoisotopic (exact) mass is 1940 g/mol. The molecule has 15 rings (SSSR count). The maximum Gasteiger partial charge on any atom is 0.410 e. The van der Waals surface area contributed by atoms with Crippen LogP contribution in [0.15, 0.2) is 104 Å². The number of piperazine rings is 2. The summed E-state index contributed by atoms with van der Waals surface area (Å²) in [5.41, 5.74) is 29.5. The molecule has 0 unspecified atom stereocenters. The van der Waals surface area contributed by atoms with Crippen molar-refractivity contribution in [2.45, 2.75) is 274 Å². The summed E-state index contributed by atoms with van der Waals surface area (Å²) in [7, 11) is 0. The van der Waals surface area contributed by atoms with Gasteiger partial charge in [0.1, 0.15) is 17.2 Å². The number of anilines is 3. The third-order valence-corrected chi connectivity index (χ3v) is 25.2. The van der Waals surface area contributed by atoms with Crippen LogP contribution >= 0.6 is 0 Å². The minimum absolute atomic E-state index is 0.0387. The van der Waals surface area contributed by atoms with E-state index in [1.807, 2.05) is 124 Å². The highest BCUT2D eigenvalue weighted by Gasteiger charge is 2.33. The van der Waals surface area contributed by atoms with Crippen LogP contribution in [-0.2, 0) is 132 Å². The lowest BCUT2D eigenvalue weighted by molar-refractivity contribution is -0.143. The number of nitrogens with zero attached hydrogens (tertiary/aromatic N) is 12. The number of rotatable bonds is 35. The standard InChI is InChI=1S/C39H51FN8O3.C24H32FN3O2.C20H29N5O4.C16H25N5O.C4H6O4/c1-4-35-32(38(45-30-13-17-51-18-14-30)33-23-44-48(5-2)39(33)46-35)22-43-37(50)12-11-36(49)42-21-27-9-10-34(40)31(20-27)29-8-6-7-28(19-29)25-47-16-15-41-26(3)24-47;1-17-15-27(10-11-28(17)23(29)30-24(2,3)4)16-19-6-5-7-20(12-19)21-13-18(14-26)8-9-22(21)25;1-3-16-14(11-21-17(26)5-6-18(27)28)19(23-13-7-9-29-10-8-13)15-12-22-25(4-2)20(15)24-16;1-3-14-12(9-17)15(19-11-5-7-22-8-6-11)13-10-18-21(4-2)16(13)20-14;5-3(6)1-2-4(7)8/h6-10,19-20,23,26,30,41H,4-5,11-18,21-22,24-25H2,1-3H3,(H,42,49)(H,43,50)(H,45,46);5-9,12-13,17H,10-11,14-16,26H2,1-4H3;12-13H,3-11H2,1-2H3,(H,21,26)(H,23,24)(H,27,28);10-11H,3-9,17H2,1-2H3,(H,19,20);1-2H2,(H,5,6)(H,7,8)/t26-;17-;;;/m00.../s1. The second-order valence-corrected chi connectivity index (χ2v) is 36.8. The second-order valence-electron chi connectivity index (χ2n) is 36.8. The number of nitrogens with two attached hydrogens (primary N) is 2. The fourth-order valence-corrected chi connectivity index (χ4v) is 17.8. The van der Waals surface area contributed by atoms with E-state index < -0.39 is 23.5 Å². The number of ether oxygens (including phenoxy) is 4. The SMILES string of the molecule is CCc1nc2c(cnn2CC)c(NC2CCOCC2)c1CN.CCc1nc2c(cnn2CC)c(NC2CCOCC2)c1CNC(=O)CCC(=O)NCc1ccc(F)c(-c2cccc(CN3CCN[C@@H](C)C3)c2)c1.CCc1nc2c(cnn2CC)c(NC2CCOCC2)c1CNC(=O)CCC(=O)O.C[C@H]1CN(Cc2cccc(-c3cc(CN)ccc3F)c2)CCN1C(=O)OC(C)(C)C.O=C(O)CCC(=O)O. The largest absolute Gasteiger partial charge is 0.481 e. The average molecular weight is 1940 g/mol. The molecule has 37 heteroatoms.